The van der Waals surface area contributed by atoms with Gasteiger partial charge in [0.2, 0.25) is 5.95 Å². The molecule has 0 amide bonds. The summed E-state index contributed by atoms with van der Waals surface area (Å²) in [5.74, 6) is 1.67. The molecule has 0 unspecified atom stereocenters. The van der Waals surface area contributed by atoms with E-state index in [-0.39, 0.29) is 0 Å². The highest BCUT2D eigenvalue weighted by atomic mass is 16.3. The second-order valence-electron chi connectivity index (χ2n) is 12.7. The van der Waals surface area contributed by atoms with Gasteiger partial charge in [-0.25, -0.2) is 4.98 Å². The summed E-state index contributed by atoms with van der Waals surface area (Å²) in [5, 5.41) is 6.30. The molecule has 11 aromatic rings. The minimum Gasteiger partial charge on any atom is -0.456 e. The highest BCUT2D eigenvalue weighted by Gasteiger charge is 2.20. The van der Waals surface area contributed by atoms with Gasteiger partial charge in [0.1, 0.15) is 22.3 Å². The number of hydrogen-bond donors (Lipinski definition) is 0. The predicted molar refractivity (Wildman–Crippen MR) is 203 cm³/mol. The monoisotopic (exact) mass is 655 g/mol. The highest BCUT2D eigenvalue weighted by molar-refractivity contribution is 6.12. The van der Waals surface area contributed by atoms with Crippen molar-refractivity contribution < 1.29 is 8.83 Å². The Labute approximate surface area is 290 Å². The topological polar surface area (TPSA) is 82.8 Å². The summed E-state index contributed by atoms with van der Waals surface area (Å²) in [6.45, 7) is 0. The van der Waals surface area contributed by atoms with Gasteiger partial charge < -0.3 is 8.83 Å². The van der Waals surface area contributed by atoms with E-state index >= 15 is 0 Å². The SMILES string of the molecule is c1ccc2c(c1)oc1c(-c3ccc(-c4nc(-c5cccc6oc7ccccc7c56)nc(-n5c6ccccc6c6ccccc65)n4)cc3)cncc12. The average molecular weight is 656 g/mol. The zero-order valence-electron chi connectivity index (χ0n) is 27.0. The summed E-state index contributed by atoms with van der Waals surface area (Å²) in [6, 6.07) is 47.2. The van der Waals surface area contributed by atoms with Crippen LogP contribution < -0.4 is 0 Å². The molecule has 0 atom stereocenters. The van der Waals surface area contributed by atoms with E-state index in [2.05, 4.69) is 101 Å². The van der Waals surface area contributed by atoms with Crippen LogP contribution in [0.5, 0.6) is 0 Å². The first kappa shape index (κ1) is 27.8. The van der Waals surface area contributed by atoms with Crippen LogP contribution in [0.3, 0.4) is 0 Å². The number of pyridine rings is 1. The first-order chi connectivity index (χ1) is 25.3. The molecule has 238 valence electrons. The fraction of sp³-hybridized carbons (Fsp3) is 0. The summed E-state index contributed by atoms with van der Waals surface area (Å²) in [7, 11) is 0. The minimum atomic E-state index is 0.539. The minimum absolute atomic E-state index is 0.539. The molecule has 6 aromatic carbocycles. The molecule has 7 heteroatoms. The Kier molecular flexibility index (Phi) is 5.83. The standard InChI is InChI=1S/C44H25N5O2/c1-5-15-35-28(10-1)29-11-2-6-16-36(29)49(35)44-47-42(46-43(48-44)32-14-9-19-39-40(32)31-13-4-8-18-38(31)50-39)27-22-20-26(21-23-27)33-24-45-25-34-30-12-3-7-17-37(30)51-41(33)34/h1-25H. The zero-order valence-corrected chi connectivity index (χ0v) is 27.0. The summed E-state index contributed by atoms with van der Waals surface area (Å²) >= 11 is 0. The number of aromatic nitrogens is 5. The third kappa shape index (κ3) is 4.18. The molecule has 51 heavy (non-hydrogen) atoms. The van der Waals surface area contributed by atoms with E-state index in [1.54, 1.807) is 0 Å². The van der Waals surface area contributed by atoms with Crippen molar-refractivity contribution in [2.45, 2.75) is 0 Å². The van der Waals surface area contributed by atoms with Crippen molar-refractivity contribution in [3.63, 3.8) is 0 Å². The van der Waals surface area contributed by atoms with Gasteiger partial charge in [-0.05, 0) is 35.9 Å². The van der Waals surface area contributed by atoms with E-state index in [0.717, 1.165) is 87.9 Å². The summed E-state index contributed by atoms with van der Waals surface area (Å²) in [6.07, 6.45) is 3.72. The zero-order chi connectivity index (χ0) is 33.5. The van der Waals surface area contributed by atoms with E-state index < -0.39 is 0 Å². The van der Waals surface area contributed by atoms with Crippen molar-refractivity contribution in [2.24, 2.45) is 0 Å². The molecular formula is C44H25N5O2. The lowest BCUT2D eigenvalue weighted by molar-refractivity contribution is 0.669. The maximum Gasteiger partial charge on any atom is 0.238 e. The number of hydrogen-bond acceptors (Lipinski definition) is 6. The Morgan fingerprint density at radius 1 is 0.412 bits per heavy atom. The summed E-state index contributed by atoms with van der Waals surface area (Å²) < 4.78 is 14.7. The van der Waals surface area contributed by atoms with Crippen LogP contribution in [0.1, 0.15) is 0 Å². The molecule has 0 N–H and O–H groups in total. The van der Waals surface area contributed by atoms with E-state index in [9.17, 15) is 0 Å². The van der Waals surface area contributed by atoms with Gasteiger partial charge >= 0.3 is 0 Å². The van der Waals surface area contributed by atoms with Crippen LogP contribution in [0.25, 0.3) is 106 Å². The summed E-state index contributed by atoms with van der Waals surface area (Å²) in [4.78, 5) is 20.1. The largest absolute Gasteiger partial charge is 0.456 e. The molecule has 0 saturated carbocycles. The molecule has 5 aromatic heterocycles. The second kappa shape index (κ2) is 10.7. The summed E-state index contributed by atoms with van der Waals surface area (Å²) in [5.41, 5.74) is 8.96. The van der Waals surface area contributed by atoms with Crippen molar-refractivity contribution >= 4 is 65.7 Å². The van der Waals surface area contributed by atoms with Crippen LogP contribution in [0.15, 0.2) is 161 Å². The third-order valence-electron chi connectivity index (χ3n) is 9.79. The maximum absolute atomic E-state index is 6.32. The van der Waals surface area contributed by atoms with Crippen molar-refractivity contribution in [1.82, 2.24) is 24.5 Å². The third-order valence-corrected chi connectivity index (χ3v) is 9.79. The van der Waals surface area contributed by atoms with Crippen LogP contribution in [-0.2, 0) is 0 Å². The van der Waals surface area contributed by atoms with Gasteiger partial charge in [0, 0.05) is 61.4 Å². The molecule has 0 radical (unpaired) electrons. The van der Waals surface area contributed by atoms with Gasteiger partial charge in [-0.1, -0.05) is 109 Å². The molecule has 0 fully saturated rings. The first-order valence-corrected chi connectivity index (χ1v) is 16.8. The normalized spacial score (nSPS) is 11.9. The highest BCUT2D eigenvalue weighted by Crippen LogP contribution is 2.38. The van der Waals surface area contributed by atoms with Gasteiger partial charge in [0.05, 0.1) is 11.0 Å². The van der Waals surface area contributed by atoms with Crippen molar-refractivity contribution in [2.75, 3.05) is 0 Å². The number of nitrogens with zero attached hydrogens (tertiary/aromatic N) is 5. The van der Waals surface area contributed by atoms with E-state index in [1.165, 1.54) is 0 Å². The lowest BCUT2D eigenvalue weighted by Crippen LogP contribution is -2.06. The molecule has 7 nitrogen and oxygen atoms in total. The quantitative estimate of drug-likeness (QED) is 0.188. The van der Waals surface area contributed by atoms with Gasteiger partial charge in [-0.3, -0.25) is 9.55 Å². The van der Waals surface area contributed by atoms with E-state index in [4.69, 9.17) is 23.8 Å². The molecule has 0 aliphatic carbocycles. The fourth-order valence-electron chi connectivity index (χ4n) is 7.46. The molecular weight excluding hydrogens is 631 g/mol. The smallest absolute Gasteiger partial charge is 0.238 e. The Balaban J connectivity index is 1.14. The average Bonchev–Trinajstić information content (AvgIpc) is 3.87. The fourth-order valence-corrected chi connectivity index (χ4v) is 7.46. The van der Waals surface area contributed by atoms with Gasteiger partial charge in [0.15, 0.2) is 11.6 Å². The van der Waals surface area contributed by atoms with Gasteiger partial charge in [0.25, 0.3) is 0 Å². The Morgan fingerprint density at radius 2 is 1.02 bits per heavy atom. The Morgan fingerprint density at radius 3 is 1.78 bits per heavy atom. The molecule has 0 spiro atoms. The van der Waals surface area contributed by atoms with Crippen LogP contribution in [0.2, 0.25) is 0 Å². The lowest BCUT2D eigenvalue weighted by Gasteiger charge is -2.12. The van der Waals surface area contributed by atoms with Crippen molar-refractivity contribution in [1.29, 1.82) is 0 Å². The molecule has 11 rings (SSSR count). The second-order valence-corrected chi connectivity index (χ2v) is 12.7. The van der Waals surface area contributed by atoms with E-state index in [1.807, 2.05) is 60.9 Å². The van der Waals surface area contributed by atoms with Crippen LogP contribution in [0, 0.1) is 0 Å². The number of furan rings is 2. The lowest BCUT2D eigenvalue weighted by atomic mass is 10.0. The molecule has 0 aliphatic rings. The number of rotatable bonds is 4. The predicted octanol–water partition coefficient (Wildman–Crippen LogP) is 11.2. The van der Waals surface area contributed by atoms with Gasteiger partial charge in [-0.2, -0.15) is 9.97 Å². The first-order valence-electron chi connectivity index (χ1n) is 16.8. The number of para-hydroxylation sites is 4. The molecule has 0 bridgehead atoms. The number of benzene rings is 6. The van der Waals surface area contributed by atoms with Crippen LogP contribution in [0.4, 0.5) is 0 Å². The molecule has 5 heterocycles. The molecule has 0 aliphatic heterocycles. The Hall–Kier alpha value is -7.12. The Bertz CT molecular complexity index is 3100. The molecule has 0 saturated heterocycles. The van der Waals surface area contributed by atoms with Crippen molar-refractivity contribution in [3.05, 3.63) is 152 Å². The van der Waals surface area contributed by atoms with Crippen molar-refractivity contribution in [3.8, 4) is 39.9 Å². The number of fused-ring (bicyclic) bond motifs is 9. The van der Waals surface area contributed by atoms with Crippen LogP contribution >= 0.6 is 0 Å². The van der Waals surface area contributed by atoms with Crippen LogP contribution in [-0.4, -0.2) is 24.5 Å². The maximum atomic E-state index is 6.32. The van der Waals surface area contributed by atoms with E-state index in [0.29, 0.717) is 17.6 Å². The van der Waals surface area contributed by atoms with Gasteiger partial charge in [-0.15, -0.1) is 0 Å².